The van der Waals surface area contributed by atoms with Gasteiger partial charge >= 0.3 is 0 Å². The number of carbonyl (C=O) groups is 1. The molecule has 146 valence electrons. The predicted molar refractivity (Wildman–Crippen MR) is 112 cm³/mol. The molecular weight excluding hydrogens is 390 g/mol. The third kappa shape index (κ3) is 3.97. The molecule has 2 heterocycles. The number of furan rings is 1. The number of anilines is 1. The van der Waals surface area contributed by atoms with Crippen LogP contribution in [0.25, 0.3) is 10.2 Å². The van der Waals surface area contributed by atoms with E-state index in [0.29, 0.717) is 22.2 Å². The Morgan fingerprint density at radius 3 is 2.69 bits per heavy atom. The van der Waals surface area contributed by atoms with Crippen LogP contribution in [0.4, 0.5) is 5.13 Å². The number of ether oxygens (including phenoxy) is 2. The number of nitrogens with zero attached hydrogens (tertiary/aromatic N) is 3. The minimum absolute atomic E-state index is 0.335. The van der Waals surface area contributed by atoms with Gasteiger partial charge in [0.15, 0.2) is 0 Å². The van der Waals surface area contributed by atoms with Crippen LogP contribution in [0.3, 0.4) is 0 Å². The van der Waals surface area contributed by atoms with E-state index in [0.717, 1.165) is 16.0 Å². The average molecular weight is 407 g/mol. The largest absolute Gasteiger partial charge is 0.497 e. The summed E-state index contributed by atoms with van der Waals surface area (Å²) in [6.45, 7) is 0. The molecule has 0 bridgehead atoms. The molecule has 0 saturated carbocycles. The van der Waals surface area contributed by atoms with Crippen molar-refractivity contribution in [2.24, 2.45) is 5.10 Å². The third-order valence-corrected chi connectivity index (χ3v) is 5.11. The van der Waals surface area contributed by atoms with E-state index in [1.807, 2.05) is 18.2 Å². The summed E-state index contributed by atoms with van der Waals surface area (Å²) in [4.78, 5) is 17.8. The molecule has 29 heavy (non-hydrogen) atoms. The number of rotatable bonds is 6. The molecule has 0 N–H and O–H groups in total. The summed E-state index contributed by atoms with van der Waals surface area (Å²) < 4.78 is 16.7. The standard InChI is InChI=1S/C21H17N3O4S/c1-26-15-6-3-5-14(11-15)20(25)24(22-13-17-7-4-10-28-17)21-23-18-9-8-16(27-2)12-19(18)29-21/h3-13H,1-2H3/b22-13-. The van der Waals surface area contributed by atoms with Crippen LogP contribution < -0.4 is 14.5 Å². The highest BCUT2D eigenvalue weighted by Crippen LogP contribution is 2.32. The van der Waals surface area contributed by atoms with Gasteiger partial charge in [0.2, 0.25) is 5.13 Å². The Morgan fingerprint density at radius 1 is 1.10 bits per heavy atom. The maximum atomic E-state index is 13.2. The predicted octanol–water partition coefficient (Wildman–Crippen LogP) is 4.59. The number of thiazole rings is 1. The zero-order valence-corrected chi connectivity index (χ0v) is 16.6. The Kier molecular flexibility index (Phi) is 5.26. The molecule has 0 atom stereocenters. The Labute approximate surface area is 170 Å². The van der Waals surface area contributed by atoms with Crippen molar-refractivity contribution in [1.82, 2.24) is 4.98 Å². The maximum Gasteiger partial charge on any atom is 0.280 e. The summed E-state index contributed by atoms with van der Waals surface area (Å²) in [6, 6.07) is 15.9. The van der Waals surface area contributed by atoms with Crippen molar-refractivity contribution in [3.05, 3.63) is 72.2 Å². The monoisotopic (exact) mass is 407 g/mol. The fourth-order valence-corrected chi connectivity index (χ4v) is 3.61. The van der Waals surface area contributed by atoms with E-state index in [4.69, 9.17) is 13.9 Å². The highest BCUT2D eigenvalue weighted by Gasteiger charge is 2.22. The van der Waals surface area contributed by atoms with Crippen molar-refractivity contribution >= 4 is 38.8 Å². The lowest BCUT2D eigenvalue weighted by Crippen LogP contribution is -2.25. The highest BCUT2D eigenvalue weighted by atomic mass is 32.1. The molecule has 1 amide bonds. The molecule has 4 rings (SSSR count). The SMILES string of the molecule is COc1cccc(C(=O)N(/N=C\c2ccco2)c2nc3ccc(OC)cc3s2)c1. The van der Waals surface area contributed by atoms with Crippen LogP contribution in [0.15, 0.2) is 70.4 Å². The smallest absolute Gasteiger partial charge is 0.280 e. The number of fused-ring (bicyclic) bond motifs is 1. The third-order valence-electron chi connectivity index (χ3n) is 4.12. The molecule has 2 aromatic carbocycles. The van der Waals surface area contributed by atoms with Gasteiger partial charge in [0, 0.05) is 5.56 Å². The zero-order valence-electron chi connectivity index (χ0n) is 15.7. The first-order valence-corrected chi connectivity index (χ1v) is 9.50. The van der Waals surface area contributed by atoms with Crippen LogP contribution in [0, 0.1) is 0 Å². The number of carbonyl (C=O) groups excluding carboxylic acids is 1. The summed E-state index contributed by atoms with van der Waals surface area (Å²) in [5, 5.41) is 6.04. The lowest BCUT2D eigenvalue weighted by atomic mass is 10.2. The molecule has 0 aliphatic carbocycles. The first kappa shape index (κ1) is 18.7. The fraction of sp³-hybridized carbons (Fsp3) is 0.0952. The van der Waals surface area contributed by atoms with E-state index >= 15 is 0 Å². The zero-order chi connectivity index (χ0) is 20.2. The molecule has 0 unspecified atom stereocenters. The minimum Gasteiger partial charge on any atom is -0.497 e. The number of hydrogen-bond acceptors (Lipinski definition) is 7. The van der Waals surface area contributed by atoms with Gasteiger partial charge < -0.3 is 13.9 Å². The number of amides is 1. The molecule has 0 aliphatic heterocycles. The molecule has 0 spiro atoms. The van der Waals surface area contributed by atoms with Gasteiger partial charge in [0.1, 0.15) is 17.3 Å². The Balaban J connectivity index is 1.76. The minimum atomic E-state index is -0.335. The first-order chi connectivity index (χ1) is 14.2. The van der Waals surface area contributed by atoms with Gasteiger partial charge in [0.05, 0.1) is 36.9 Å². The van der Waals surface area contributed by atoms with E-state index in [9.17, 15) is 4.79 Å². The second-order valence-electron chi connectivity index (χ2n) is 5.94. The number of hydrazone groups is 1. The van der Waals surface area contributed by atoms with E-state index < -0.39 is 0 Å². The molecular formula is C21H17N3O4S. The van der Waals surface area contributed by atoms with Gasteiger partial charge in [-0.05, 0) is 48.5 Å². The number of benzene rings is 2. The molecule has 7 nitrogen and oxygen atoms in total. The Hall–Kier alpha value is -3.65. The van der Waals surface area contributed by atoms with Crippen LogP contribution in [-0.2, 0) is 0 Å². The summed E-state index contributed by atoms with van der Waals surface area (Å²) in [5.41, 5.74) is 1.18. The second kappa shape index (κ2) is 8.15. The lowest BCUT2D eigenvalue weighted by Gasteiger charge is -2.14. The van der Waals surface area contributed by atoms with E-state index in [-0.39, 0.29) is 5.91 Å². The average Bonchev–Trinajstić information content (AvgIpc) is 3.43. The normalized spacial score (nSPS) is 11.1. The fourth-order valence-electron chi connectivity index (χ4n) is 2.66. The Morgan fingerprint density at radius 2 is 1.93 bits per heavy atom. The molecule has 2 aromatic heterocycles. The van der Waals surface area contributed by atoms with Crippen LogP contribution in [0.5, 0.6) is 11.5 Å². The summed E-state index contributed by atoms with van der Waals surface area (Å²) in [6.07, 6.45) is 3.02. The number of hydrogen-bond donors (Lipinski definition) is 0. The van der Waals surface area contributed by atoms with E-state index in [1.54, 1.807) is 56.9 Å². The summed E-state index contributed by atoms with van der Waals surface area (Å²) in [7, 11) is 3.16. The number of methoxy groups -OCH3 is 2. The van der Waals surface area contributed by atoms with E-state index in [1.165, 1.54) is 22.6 Å². The van der Waals surface area contributed by atoms with Gasteiger partial charge in [-0.1, -0.05) is 17.4 Å². The van der Waals surface area contributed by atoms with Crippen molar-refractivity contribution in [3.63, 3.8) is 0 Å². The van der Waals surface area contributed by atoms with Crippen LogP contribution in [0.2, 0.25) is 0 Å². The van der Waals surface area contributed by atoms with Gasteiger partial charge in [-0.2, -0.15) is 10.1 Å². The van der Waals surface area contributed by atoms with Crippen molar-refractivity contribution < 1.29 is 18.7 Å². The summed E-state index contributed by atoms with van der Waals surface area (Å²) >= 11 is 1.34. The second-order valence-corrected chi connectivity index (χ2v) is 6.95. The van der Waals surface area contributed by atoms with Crippen LogP contribution >= 0.6 is 11.3 Å². The molecule has 0 radical (unpaired) electrons. The van der Waals surface area contributed by atoms with Gasteiger partial charge in [-0.25, -0.2) is 4.98 Å². The van der Waals surface area contributed by atoms with Crippen molar-refractivity contribution in [2.45, 2.75) is 0 Å². The van der Waals surface area contributed by atoms with Gasteiger partial charge in [0.25, 0.3) is 5.91 Å². The quantitative estimate of drug-likeness (QED) is 0.345. The van der Waals surface area contributed by atoms with Crippen molar-refractivity contribution in [2.75, 3.05) is 19.2 Å². The van der Waals surface area contributed by atoms with Gasteiger partial charge in [-0.15, -0.1) is 0 Å². The first-order valence-electron chi connectivity index (χ1n) is 8.68. The van der Waals surface area contributed by atoms with Crippen LogP contribution in [-0.4, -0.2) is 31.3 Å². The topological polar surface area (TPSA) is 77.2 Å². The van der Waals surface area contributed by atoms with E-state index in [2.05, 4.69) is 10.1 Å². The Bertz CT molecular complexity index is 1170. The lowest BCUT2D eigenvalue weighted by molar-refractivity contribution is 0.0987. The summed E-state index contributed by atoms with van der Waals surface area (Å²) in [5.74, 6) is 1.49. The van der Waals surface area contributed by atoms with Crippen molar-refractivity contribution in [1.29, 1.82) is 0 Å². The molecule has 4 aromatic rings. The molecule has 0 aliphatic rings. The molecule has 8 heteroatoms. The van der Waals surface area contributed by atoms with Gasteiger partial charge in [-0.3, -0.25) is 4.79 Å². The maximum absolute atomic E-state index is 13.2. The van der Waals surface area contributed by atoms with Crippen LogP contribution in [0.1, 0.15) is 16.1 Å². The molecule has 0 saturated heterocycles. The highest BCUT2D eigenvalue weighted by molar-refractivity contribution is 7.22. The molecule has 0 fully saturated rings. The number of aromatic nitrogens is 1. The van der Waals surface area contributed by atoms with Crippen molar-refractivity contribution in [3.8, 4) is 11.5 Å².